The van der Waals surface area contributed by atoms with Crippen molar-refractivity contribution in [2.45, 2.75) is 5.22 Å². The van der Waals surface area contributed by atoms with Crippen LogP contribution in [0.1, 0.15) is 15.9 Å². The van der Waals surface area contributed by atoms with Gasteiger partial charge in [-0.3, -0.25) is 9.59 Å². The summed E-state index contributed by atoms with van der Waals surface area (Å²) >= 11 is 4.54. The number of nitrogens with one attached hydrogen (secondary N) is 1. The Morgan fingerprint density at radius 2 is 1.71 bits per heavy atom. The van der Waals surface area contributed by atoms with E-state index in [2.05, 4.69) is 31.4 Å². The van der Waals surface area contributed by atoms with Crippen molar-refractivity contribution >= 4 is 45.1 Å². The molecule has 1 aromatic heterocycles. The van der Waals surface area contributed by atoms with Crippen molar-refractivity contribution in [1.29, 1.82) is 0 Å². The van der Waals surface area contributed by atoms with Crippen molar-refractivity contribution in [2.24, 2.45) is 0 Å². The lowest BCUT2D eigenvalue weighted by Crippen LogP contribution is -2.17. The number of hydrogen-bond donors (Lipinski definition) is 1. The molecule has 0 fully saturated rings. The third kappa shape index (κ3) is 5.28. The second kappa shape index (κ2) is 9.72. The van der Waals surface area contributed by atoms with Gasteiger partial charge in [-0.05, 0) is 30.3 Å². The molecule has 1 amide bonds. The van der Waals surface area contributed by atoms with E-state index in [0.29, 0.717) is 27.9 Å². The van der Waals surface area contributed by atoms with E-state index in [1.54, 1.807) is 48.5 Å². The van der Waals surface area contributed by atoms with Gasteiger partial charge in [0.25, 0.3) is 5.22 Å². The molecule has 0 aliphatic carbocycles. The zero-order chi connectivity index (χ0) is 21.6. The summed E-state index contributed by atoms with van der Waals surface area (Å²) < 4.78 is 6.53. The van der Waals surface area contributed by atoms with Gasteiger partial charge in [-0.25, -0.2) is 0 Å². The highest BCUT2D eigenvalue weighted by Gasteiger charge is 2.16. The lowest BCUT2D eigenvalue weighted by atomic mass is 10.0. The summed E-state index contributed by atoms with van der Waals surface area (Å²) in [5.41, 5.74) is 2.24. The summed E-state index contributed by atoms with van der Waals surface area (Å²) in [6, 6.07) is 23.4. The van der Waals surface area contributed by atoms with Gasteiger partial charge in [0.2, 0.25) is 11.8 Å². The van der Waals surface area contributed by atoms with Crippen LogP contribution >= 0.6 is 27.7 Å². The van der Waals surface area contributed by atoms with Crippen LogP contribution in [0.4, 0.5) is 5.69 Å². The fraction of sp³-hybridized carbons (Fsp3) is 0.0435. The lowest BCUT2D eigenvalue weighted by Gasteiger charge is -2.10. The Balaban J connectivity index is 1.41. The van der Waals surface area contributed by atoms with E-state index in [0.717, 1.165) is 21.8 Å². The lowest BCUT2D eigenvalue weighted by molar-refractivity contribution is -0.113. The topological polar surface area (TPSA) is 85.1 Å². The molecular weight excluding hydrogens is 478 g/mol. The number of halogens is 1. The molecule has 0 unspecified atom stereocenters. The van der Waals surface area contributed by atoms with Crippen LogP contribution in [0.5, 0.6) is 0 Å². The SMILES string of the molecule is O=C(CSc1nnc(-c2cccc(Br)c2)o1)Nc1ccccc1C(=O)c1ccccc1. The van der Waals surface area contributed by atoms with Crippen LogP contribution in [0.2, 0.25) is 0 Å². The fourth-order valence-electron chi connectivity index (χ4n) is 2.85. The molecule has 6 nitrogen and oxygen atoms in total. The fourth-order valence-corrected chi connectivity index (χ4v) is 3.82. The first-order valence-electron chi connectivity index (χ1n) is 9.31. The van der Waals surface area contributed by atoms with Gasteiger partial charge in [-0.15, -0.1) is 10.2 Å². The maximum absolute atomic E-state index is 12.8. The minimum absolute atomic E-state index is 0.0635. The first kappa shape index (κ1) is 21.0. The predicted octanol–water partition coefficient (Wildman–Crippen LogP) is 5.46. The van der Waals surface area contributed by atoms with Crippen molar-refractivity contribution < 1.29 is 14.0 Å². The van der Waals surface area contributed by atoms with Crippen LogP contribution in [0.3, 0.4) is 0 Å². The molecule has 154 valence electrons. The summed E-state index contributed by atoms with van der Waals surface area (Å²) in [4.78, 5) is 25.3. The molecule has 0 aliphatic heterocycles. The predicted molar refractivity (Wildman–Crippen MR) is 123 cm³/mol. The molecule has 31 heavy (non-hydrogen) atoms. The number of aromatic nitrogens is 2. The summed E-state index contributed by atoms with van der Waals surface area (Å²) in [6.45, 7) is 0. The van der Waals surface area contributed by atoms with Gasteiger partial charge in [-0.1, -0.05) is 76.2 Å². The quantitative estimate of drug-likeness (QED) is 0.271. The van der Waals surface area contributed by atoms with E-state index in [1.165, 1.54) is 0 Å². The van der Waals surface area contributed by atoms with Gasteiger partial charge in [-0.2, -0.15) is 0 Å². The number of nitrogens with zero attached hydrogens (tertiary/aromatic N) is 2. The van der Waals surface area contributed by atoms with Crippen molar-refractivity contribution in [3.05, 3.63) is 94.5 Å². The van der Waals surface area contributed by atoms with E-state index in [4.69, 9.17) is 4.42 Å². The highest BCUT2D eigenvalue weighted by Crippen LogP contribution is 2.26. The molecular formula is C23H16BrN3O3S. The van der Waals surface area contributed by atoms with Gasteiger partial charge in [0.1, 0.15) is 0 Å². The maximum atomic E-state index is 12.8. The number of anilines is 1. The number of ketones is 1. The Labute approximate surface area is 191 Å². The molecule has 8 heteroatoms. The zero-order valence-electron chi connectivity index (χ0n) is 16.1. The van der Waals surface area contributed by atoms with Crippen molar-refractivity contribution in [3.63, 3.8) is 0 Å². The van der Waals surface area contributed by atoms with E-state index >= 15 is 0 Å². The molecule has 0 spiro atoms. The Bertz CT molecular complexity index is 1230. The van der Waals surface area contributed by atoms with Crippen LogP contribution in [0.25, 0.3) is 11.5 Å². The highest BCUT2D eigenvalue weighted by molar-refractivity contribution is 9.10. The molecule has 1 N–H and O–H groups in total. The first-order valence-corrected chi connectivity index (χ1v) is 11.1. The number of thioether (sulfide) groups is 1. The molecule has 3 aromatic carbocycles. The maximum Gasteiger partial charge on any atom is 0.277 e. The zero-order valence-corrected chi connectivity index (χ0v) is 18.5. The Morgan fingerprint density at radius 3 is 2.52 bits per heavy atom. The van der Waals surface area contributed by atoms with Crippen LogP contribution in [0, 0.1) is 0 Å². The molecule has 4 rings (SSSR count). The number of benzene rings is 3. The third-order valence-electron chi connectivity index (χ3n) is 4.29. The highest BCUT2D eigenvalue weighted by atomic mass is 79.9. The van der Waals surface area contributed by atoms with Gasteiger partial charge in [0.05, 0.1) is 11.4 Å². The summed E-state index contributed by atoms with van der Waals surface area (Å²) in [6.07, 6.45) is 0. The average molecular weight is 494 g/mol. The van der Waals surface area contributed by atoms with Gasteiger partial charge < -0.3 is 9.73 Å². The minimum atomic E-state index is -0.277. The number of carbonyl (C=O) groups excluding carboxylic acids is 2. The minimum Gasteiger partial charge on any atom is -0.411 e. The number of hydrogen-bond acceptors (Lipinski definition) is 6. The molecule has 0 atom stereocenters. The van der Waals surface area contributed by atoms with Gasteiger partial charge in [0, 0.05) is 21.2 Å². The second-order valence-electron chi connectivity index (χ2n) is 6.46. The van der Waals surface area contributed by atoms with Crippen LogP contribution in [-0.4, -0.2) is 27.6 Å². The molecule has 0 bridgehead atoms. The van der Waals surface area contributed by atoms with E-state index in [-0.39, 0.29) is 17.4 Å². The monoisotopic (exact) mass is 493 g/mol. The molecule has 0 radical (unpaired) electrons. The number of amides is 1. The van der Waals surface area contributed by atoms with E-state index in [1.807, 2.05) is 30.3 Å². The third-order valence-corrected chi connectivity index (χ3v) is 5.60. The summed E-state index contributed by atoms with van der Waals surface area (Å²) in [5.74, 6) is 0.0109. The van der Waals surface area contributed by atoms with Crippen molar-refractivity contribution in [1.82, 2.24) is 10.2 Å². The molecule has 0 saturated heterocycles. The van der Waals surface area contributed by atoms with E-state index < -0.39 is 0 Å². The normalized spacial score (nSPS) is 10.6. The molecule has 0 aliphatic rings. The standard InChI is InChI=1S/C23H16BrN3O3S/c24-17-10-6-9-16(13-17)22-26-27-23(30-22)31-14-20(28)25-19-12-5-4-11-18(19)21(29)15-7-2-1-3-8-15/h1-13H,14H2,(H,25,28). The van der Waals surface area contributed by atoms with Crippen LogP contribution in [-0.2, 0) is 4.79 Å². The Kier molecular flexibility index (Phi) is 6.59. The summed E-state index contributed by atoms with van der Waals surface area (Å²) in [5, 5.41) is 11.1. The summed E-state index contributed by atoms with van der Waals surface area (Å²) in [7, 11) is 0. The van der Waals surface area contributed by atoms with E-state index in [9.17, 15) is 9.59 Å². The second-order valence-corrected chi connectivity index (χ2v) is 8.30. The molecule has 4 aromatic rings. The smallest absolute Gasteiger partial charge is 0.277 e. The van der Waals surface area contributed by atoms with Crippen LogP contribution in [0.15, 0.2) is 93.0 Å². The molecule has 0 saturated carbocycles. The van der Waals surface area contributed by atoms with Crippen LogP contribution < -0.4 is 5.32 Å². The van der Waals surface area contributed by atoms with Crippen molar-refractivity contribution in [3.8, 4) is 11.5 Å². The number of carbonyl (C=O) groups is 2. The van der Waals surface area contributed by atoms with Crippen molar-refractivity contribution in [2.75, 3.05) is 11.1 Å². The molecule has 1 heterocycles. The van der Waals surface area contributed by atoms with Gasteiger partial charge in [0.15, 0.2) is 5.78 Å². The first-order chi connectivity index (χ1) is 15.1. The Morgan fingerprint density at radius 1 is 0.935 bits per heavy atom. The number of para-hydroxylation sites is 1. The Hall–Kier alpha value is -3.23. The van der Waals surface area contributed by atoms with Gasteiger partial charge >= 0.3 is 0 Å². The average Bonchev–Trinajstić information content (AvgIpc) is 3.27. The largest absolute Gasteiger partial charge is 0.411 e. The number of rotatable bonds is 7.